The van der Waals surface area contributed by atoms with Crippen LogP contribution in [0.25, 0.3) is 0 Å². The standard InChI is InChI=1S/C33H41ClN6O3/c34-28-6-1-23(17-29(28)39-14-9-30(41)36-32(39)43)31(42)37-15-12-33(13-16-37)10-7-22(8-11-33)19-38-20-27-18-26(38)21-40(27)25-4-2-24(35)3-5-25/h1-6,17,22,26-27H,7-16,18-21,35H2,(H,36,41,43)/t26-,27-/m0/s1. The molecule has 4 heterocycles. The van der Waals surface area contributed by atoms with Crippen LogP contribution in [0.5, 0.6) is 0 Å². The Balaban J connectivity index is 0.898. The lowest BCUT2D eigenvalue weighted by Gasteiger charge is -2.47. The molecule has 228 valence electrons. The molecule has 2 bridgehead atoms. The fourth-order valence-electron chi connectivity index (χ4n) is 8.27. The summed E-state index contributed by atoms with van der Waals surface area (Å²) in [6.07, 6.45) is 8.65. The summed E-state index contributed by atoms with van der Waals surface area (Å²) in [6, 6.07) is 14.2. The number of carbonyl (C=O) groups is 3. The summed E-state index contributed by atoms with van der Waals surface area (Å²) in [5.41, 5.74) is 9.36. The van der Waals surface area contributed by atoms with Crippen molar-refractivity contribution >= 4 is 46.5 Å². The van der Waals surface area contributed by atoms with Crippen LogP contribution in [0.2, 0.25) is 5.02 Å². The first-order valence-corrected chi connectivity index (χ1v) is 16.2. The molecule has 2 aromatic rings. The molecule has 7 rings (SSSR count). The van der Waals surface area contributed by atoms with Crippen molar-refractivity contribution in [1.82, 2.24) is 15.1 Å². The SMILES string of the molecule is Nc1ccc(N2C[C@@H]3C[C@H]2CN3CC2CCC3(CC2)CCN(C(=O)c2ccc(Cl)c(N4CCC(=O)NC4=O)c2)CC3)cc1. The first-order valence-electron chi connectivity index (χ1n) is 15.8. The van der Waals surface area contributed by atoms with E-state index in [1.807, 2.05) is 17.0 Å². The number of anilines is 3. The smallest absolute Gasteiger partial charge is 0.328 e. The van der Waals surface area contributed by atoms with Gasteiger partial charge in [-0.15, -0.1) is 0 Å². The molecule has 2 atom stereocenters. The molecule has 4 aliphatic heterocycles. The van der Waals surface area contributed by atoms with E-state index in [0.717, 1.165) is 44.1 Å². The van der Waals surface area contributed by atoms with Gasteiger partial charge in [0, 0.05) is 74.7 Å². The van der Waals surface area contributed by atoms with Crippen LogP contribution in [0.15, 0.2) is 42.5 Å². The number of carbonyl (C=O) groups excluding carboxylic acids is 3. The van der Waals surface area contributed by atoms with Gasteiger partial charge in [-0.3, -0.25) is 24.7 Å². The lowest BCUT2D eigenvalue weighted by Crippen LogP contribution is -2.49. The van der Waals surface area contributed by atoms with Crippen molar-refractivity contribution in [1.29, 1.82) is 0 Å². The Kier molecular flexibility index (Phi) is 7.50. The average molecular weight is 605 g/mol. The molecule has 9 nitrogen and oxygen atoms in total. The maximum absolute atomic E-state index is 13.5. The van der Waals surface area contributed by atoms with E-state index in [9.17, 15) is 14.4 Å². The molecule has 1 saturated carbocycles. The number of hydrogen-bond acceptors (Lipinski definition) is 6. The molecule has 43 heavy (non-hydrogen) atoms. The highest BCUT2D eigenvalue weighted by molar-refractivity contribution is 6.34. The summed E-state index contributed by atoms with van der Waals surface area (Å²) < 4.78 is 0. The number of nitrogens with zero attached hydrogens (tertiary/aromatic N) is 4. The van der Waals surface area contributed by atoms with Crippen molar-refractivity contribution in [3.05, 3.63) is 53.1 Å². The highest BCUT2D eigenvalue weighted by Gasteiger charge is 2.45. The molecule has 0 aromatic heterocycles. The lowest BCUT2D eigenvalue weighted by atomic mass is 9.65. The summed E-state index contributed by atoms with van der Waals surface area (Å²) in [4.78, 5) is 46.2. The number of rotatable bonds is 5. The molecular formula is C33H41ClN6O3. The number of imide groups is 1. The Morgan fingerprint density at radius 1 is 0.953 bits per heavy atom. The number of halogens is 1. The molecule has 5 aliphatic rings. The van der Waals surface area contributed by atoms with Gasteiger partial charge in [-0.05, 0) is 98.7 Å². The fourth-order valence-corrected chi connectivity index (χ4v) is 8.49. The van der Waals surface area contributed by atoms with Gasteiger partial charge in [0.05, 0.1) is 10.7 Å². The zero-order chi connectivity index (χ0) is 29.7. The number of nitrogens with two attached hydrogens (primary N) is 1. The monoisotopic (exact) mass is 604 g/mol. The zero-order valence-electron chi connectivity index (χ0n) is 24.6. The Labute approximate surface area is 258 Å². The number of amides is 4. The molecule has 5 fully saturated rings. The van der Waals surface area contributed by atoms with Gasteiger partial charge < -0.3 is 15.5 Å². The van der Waals surface area contributed by atoms with Gasteiger partial charge in [-0.1, -0.05) is 11.6 Å². The van der Waals surface area contributed by atoms with Crippen molar-refractivity contribution in [2.24, 2.45) is 11.3 Å². The molecule has 10 heteroatoms. The highest BCUT2D eigenvalue weighted by atomic mass is 35.5. The van der Waals surface area contributed by atoms with Crippen LogP contribution in [-0.2, 0) is 4.79 Å². The molecule has 0 unspecified atom stereocenters. The first kappa shape index (κ1) is 28.5. The van der Waals surface area contributed by atoms with Crippen LogP contribution < -0.4 is 20.9 Å². The van der Waals surface area contributed by atoms with E-state index in [4.69, 9.17) is 17.3 Å². The maximum atomic E-state index is 13.5. The predicted octanol–water partition coefficient (Wildman–Crippen LogP) is 4.74. The number of fused-ring (bicyclic) bond motifs is 2. The van der Waals surface area contributed by atoms with E-state index in [0.29, 0.717) is 33.8 Å². The van der Waals surface area contributed by atoms with E-state index in [-0.39, 0.29) is 24.8 Å². The minimum Gasteiger partial charge on any atom is -0.399 e. The predicted molar refractivity (Wildman–Crippen MR) is 168 cm³/mol. The second-order valence-electron chi connectivity index (χ2n) is 13.4. The fraction of sp³-hybridized carbons (Fsp3) is 0.545. The summed E-state index contributed by atoms with van der Waals surface area (Å²) in [6.45, 7) is 5.28. The number of piperidine rings is 1. The molecule has 2 aromatic carbocycles. The minimum absolute atomic E-state index is 0.0213. The largest absolute Gasteiger partial charge is 0.399 e. The van der Waals surface area contributed by atoms with E-state index < -0.39 is 6.03 Å². The summed E-state index contributed by atoms with van der Waals surface area (Å²) in [5.74, 6) is 0.446. The number of urea groups is 1. The number of nitrogens with one attached hydrogen (secondary N) is 1. The third kappa shape index (κ3) is 5.57. The van der Waals surface area contributed by atoms with Gasteiger partial charge in [0.1, 0.15) is 0 Å². The summed E-state index contributed by atoms with van der Waals surface area (Å²) in [7, 11) is 0. The van der Waals surface area contributed by atoms with Crippen molar-refractivity contribution in [2.75, 3.05) is 54.8 Å². The number of piperazine rings is 1. The summed E-state index contributed by atoms with van der Waals surface area (Å²) >= 11 is 6.40. The second-order valence-corrected chi connectivity index (χ2v) is 13.8. The molecule has 4 saturated heterocycles. The van der Waals surface area contributed by atoms with E-state index in [2.05, 4.69) is 27.2 Å². The second kappa shape index (κ2) is 11.3. The Morgan fingerprint density at radius 3 is 2.37 bits per heavy atom. The normalized spacial score (nSPS) is 25.9. The van der Waals surface area contributed by atoms with Crippen LogP contribution in [-0.4, -0.2) is 79.0 Å². The van der Waals surface area contributed by atoms with Crippen molar-refractivity contribution in [3.63, 3.8) is 0 Å². The highest BCUT2D eigenvalue weighted by Crippen LogP contribution is 2.47. The molecule has 4 amide bonds. The van der Waals surface area contributed by atoms with Crippen LogP contribution >= 0.6 is 11.6 Å². The van der Waals surface area contributed by atoms with E-state index in [1.54, 1.807) is 18.2 Å². The molecule has 0 radical (unpaired) electrons. The number of benzene rings is 2. The molecule has 1 spiro atoms. The van der Waals surface area contributed by atoms with Gasteiger partial charge in [0.25, 0.3) is 5.91 Å². The zero-order valence-corrected chi connectivity index (χ0v) is 25.4. The van der Waals surface area contributed by atoms with Crippen LogP contribution in [0.3, 0.4) is 0 Å². The third-order valence-electron chi connectivity index (χ3n) is 10.9. The number of hydrogen-bond donors (Lipinski definition) is 2. The van der Waals surface area contributed by atoms with Crippen LogP contribution in [0.4, 0.5) is 21.9 Å². The van der Waals surface area contributed by atoms with Gasteiger partial charge >= 0.3 is 6.03 Å². The average Bonchev–Trinajstić information content (AvgIpc) is 3.60. The van der Waals surface area contributed by atoms with Gasteiger partial charge in [-0.25, -0.2) is 4.79 Å². The first-order chi connectivity index (χ1) is 20.8. The van der Waals surface area contributed by atoms with Crippen molar-refractivity contribution in [2.45, 2.75) is 63.5 Å². The molecule has 3 N–H and O–H groups in total. The number of likely N-dealkylation sites (tertiary alicyclic amines) is 2. The molecular weight excluding hydrogens is 564 g/mol. The van der Waals surface area contributed by atoms with Gasteiger partial charge in [-0.2, -0.15) is 0 Å². The Morgan fingerprint density at radius 2 is 1.70 bits per heavy atom. The lowest BCUT2D eigenvalue weighted by molar-refractivity contribution is -0.120. The van der Waals surface area contributed by atoms with Crippen LogP contribution in [0.1, 0.15) is 61.7 Å². The quantitative estimate of drug-likeness (QED) is 0.478. The van der Waals surface area contributed by atoms with E-state index in [1.165, 1.54) is 55.8 Å². The van der Waals surface area contributed by atoms with Crippen LogP contribution in [0, 0.1) is 11.3 Å². The topological polar surface area (TPSA) is 102 Å². The van der Waals surface area contributed by atoms with Gasteiger partial charge in [0.2, 0.25) is 5.91 Å². The summed E-state index contributed by atoms with van der Waals surface area (Å²) in [5, 5.41) is 2.71. The maximum Gasteiger partial charge on any atom is 0.328 e. The van der Waals surface area contributed by atoms with Gasteiger partial charge in [0.15, 0.2) is 0 Å². The minimum atomic E-state index is -0.504. The molecule has 1 aliphatic carbocycles. The number of nitrogen functional groups attached to an aromatic ring is 1. The Bertz CT molecular complexity index is 1400. The van der Waals surface area contributed by atoms with Crippen molar-refractivity contribution in [3.8, 4) is 0 Å². The third-order valence-corrected chi connectivity index (χ3v) is 11.2. The Hall–Kier alpha value is -3.30. The van der Waals surface area contributed by atoms with Crippen molar-refractivity contribution < 1.29 is 14.4 Å². The van der Waals surface area contributed by atoms with E-state index >= 15 is 0 Å².